The highest BCUT2D eigenvalue weighted by Crippen LogP contribution is 2.27. The molecule has 0 saturated carbocycles. The van der Waals surface area contributed by atoms with E-state index in [4.69, 9.17) is 5.73 Å². The van der Waals surface area contributed by atoms with Crippen LogP contribution in [0, 0.1) is 5.82 Å². The minimum atomic E-state index is -0.363. The van der Waals surface area contributed by atoms with Crippen LogP contribution in [0.1, 0.15) is 36.4 Å². The normalized spacial score (nSPS) is 11.8. The van der Waals surface area contributed by atoms with Gasteiger partial charge in [0.25, 0.3) is 5.91 Å². The van der Waals surface area contributed by atoms with Gasteiger partial charge in [-0.05, 0) is 36.4 Å². The summed E-state index contributed by atoms with van der Waals surface area (Å²) in [4.78, 5) is 12.9. The molecule has 0 atom stereocenters. The summed E-state index contributed by atoms with van der Waals surface area (Å²) in [5.41, 5.74) is 5.43. The topological polar surface area (TPSA) is 55.1 Å². The number of hydrogen-bond acceptors (Lipinski definition) is 3. The van der Waals surface area contributed by atoms with Crippen LogP contribution in [0.15, 0.2) is 24.3 Å². The lowest BCUT2D eigenvalue weighted by Gasteiger charge is -2.31. The Morgan fingerprint density at radius 1 is 1.35 bits per heavy atom. The van der Waals surface area contributed by atoms with E-state index in [-0.39, 0.29) is 17.3 Å². The molecule has 3 N–H and O–H groups in total. The van der Waals surface area contributed by atoms with E-state index >= 15 is 0 Å². The highest BCUT2D eigenvalue weighted by molar-refractivity contribution is 7.20. The maximum absolute atomic E-state index is 13.2. The molecule has 0 radical (unpaired) electrons. The van der Waals surface area contributed by atoms with Crippen LogP contribution >= 0.6 is 11.3 Å². The van der Waals surface area contributed by atoms with E-state index < -0.39 is 0 Å². The van der Waals surface area contributed by atoms with Gasteiger partial charge in [0, 0.05) is 11.2 Å². The molecule has 0 aliphatic rings. The Kier molecular flexibility index (Phi) is 4.40. The lowest BCUT2D eigenvalue weighted by Crippen LogP contribution is -2.52. The van der Waals surface area contributed by atoms with Gasteiger partial charge in [-0.2, -0.15) is 0 Å². The van der Waals surface area contributed by atoms with Gasteiger partial charge in [0.15, 0.2) is 0 Å². The molecule has 20 heavy (non-hydrogen) atoms. The van der Waals surface area contributed by atoms with Crippen molar-refractivity contribution in [1.29, 1.82) is 0 Å². The zero-order valence-corrected chi connectivity index (χ0v) is 12.5. The number of carbonyl (C=O) groups excluding carboxylic acids is 1. The summed E-state index contributed by atoms with van der Waals surface area (Å²) < 4.78 is 14.0. The average molecular weight is 294 g/mol. The lowest BCUT2D eigenvalue weighted by molar-refractivity contribution is 0.0899. The zero-order chi connectivity index (χ0) is 14.8. The minimum absolute atomic E-state index is 0.138. The first kappa shape index (κ1) is 14.9. The minimum Gasteiger partial charge on any atom is -0.345 e. The second kappa shape index (κ2) is 5.89. The van der Waals surface area contributed by atoms with Gasteiger partial charge < -0.3 is 11.1 Å². The third-order valence-electron chi connectivity index (χ3n) is 3.83. The number of hydrogen-bond donors (Lipinski definition) is 2. The Labute approximate surface area is 122 Å². The molecule has 1 amide bonds. The first-order valence-electron chi connectivity index (χ1n) is 6.75. The van der Waals surface area contributed by atoms with Crippen LogP contribution in [0.25, 0.3) is 10.1 Å². The first-order chi connectivity index (χ1) is 9.53. The maximum atomic E-state index is 13.2. The molecule has 0 fully saturated rings. The van der Waals surface area contributed by atoms with Gasteiger partial charge in [0.05, 0.1) is 10.4 Å². The van der Waals surface area contributed by atoms with Crippen molar-refractivity contribution in [1.82, 2.24) is 5.32 Å². The van der Waals surface area contributed by atoms with Crippen molar-refractivity contribution in [3.8, 4) is 0 Å². The first-order valence-corrected chi connectivity index (χ1v) is 7.57. The number of halogens is 1. The standard InChI is InChI=1S/C15H19FN2OS/c1-3-15(4-2,9-17)18-14(19)13-7-10-5-6-11(16)8-12(10)20-13/h5-8H,3-4,9,17H2,1-2H3,(H,18,19). The number of benzene rings is 1. The van der Waals surface area contributed by atoms with Crippen molar-refractivity contribution in [3.05, 3.63) is 35.0 Å². The van der Waals surface area contributed by atoms with Crippen LogP contribution in [0.5, 0.6) is 0 Å². The summed E-state index contributed by atoms with van der Waals surface area (Å²) in [5, 5.41) is 3.91. The van der Waals surface area contributed by atoms with E-state index in [1.54, 1.807) is 12.1 Å². The summed E-state index contributed by atoms with van der Waals surface area (Å²) in [6, 6.07) is 6.33. The van der Waals surface area contributed by atoms with Crippen molar-refractivity contribution in [2.45, 2.75) is 32.2 Å². The molecular formula is C15H19FN2OS. The number of rotatable bonds is 5. The quantitative estimate of drug-likeness (QED) is 0.889. The Morgan fingerprint density at radius 3 is 2.65 bits per heavy atom. The monoisotopic (exact) mass is 294 g/mol. The fourth-order valence-corrected chi connectivity index (χ4v) is 3.17. The molecule has 1 heterocycles. The molecule has 2 aromatic rings. The van der Waals surface area contributed by atoms with E-state index in [0.29, 0.717) is 11.4 Å². The van der Waals surface area contributed by atoms with E-state index in [0.717, 1.165) is 22.9 Å². The summed E-state index contributed by atoms with van der Waals surface area (Å²) in [6.07, 6.45) is 1.57. The molecule has 0 bridgehead atoms. The number of fused-ring (bicyclic) bond motifs is 1. The second-order valence-corrected chi connectivity index (χ2v) is 6.02. The van der Waals surface area contributed by atoms with Crippen LogP contribution in [-0.4, -0.2) is 18.0 Å². The van der Waals surface area contributed by atoms with Crippen molar-refractivity contribution in [2.75, 3.05) is 6.54 Å². The van der Waals surface area contributed by atoms with Crippen LogP contribution in [-0.2, 0) is 0 Å². The average Bonchev–Trinajstić information content (AvgIpc) is 2.88. The number of amides is 1. The van der Waals surface area contributed by atoms with E-state index in [2.05, 4.69) is 5.32 Å². The number of nitrogens with two attached hydrogens (primary N) is 1. The zero-order valence-electron chi connectivity index (χ0n) is 11.7. The Hall–Kier alpha value is -1.46. The number of nitrogens with one attached hydrogen (secondary N) is 1. The smallest absolute Gasteiger partial charge is 0.261 e. The molecule has 1 aromatic carbocycles. The Balaban J connectivity index is 2.27. The highest BCUT2D eigenvalue weighted by atomic mass is 32.1. The van der Waals surface area contributed by atoms with E-state index in [1.807, 2.05) is 13.8 Å². The Morgan fingerprint density at radius 2 is 2.05 bits per heavy atom. The second-order valence-electron chi connectivity index (χ2n) is 4.94. The fourth-order valence-electron chi connectivity index (χ4n) is 2.19. The highest BCUT2D eigenvalue weighted by Gasteiger charge is 2.27. The molecule has 0 aliphatic heterocycles. The molecule has 0 spiro atoms. The lowest BCUT2D eigenvalue weighted by atomic mass is 9.93. The summed E-state index contributed by atoms with van der Waals surface area (Å²) in [5.74, 6) is -0.425. The van der Waals surface area contributed by atoms with Crippen molar-refractivity contribution >= 4 is 27.3 Å². The number of thiophene rings is 1. The van der Waals surface area contributed by atoms with Crippen LogP contribution in [0.2, 0.25) is 0 Å². The van der Waals surface area contributed by atoms with Gasteiger partial charge in [-0.3, -0.25) is 4.79 Å². The van der Waals surface area contributed by atoms with Crippen LogP contribution in [0.3, 0.4) is 0 Å². The molecule has 3 nitrogen and oxygen atoms in total. The molecular weight excluding hydrogens is 275 g/mol. The third-order valence-corrected chi connectivity index (χ3v) is 4.93. The molecule has 5 heteroatoms. The van der Waals surface area contributed by atoms with Gasteiger partial charge in [0.2, 0.25) is 0 Å². The summed E-state index contributed by atoms with van der Waals surface area (Å²) in [6.45, 7) is 4.43. The third kappa shape index (κ3) is 2.83. The molecule has 108 valence electrons. The van der Waals surface area contributed by atoms with Gasteiger partial charge in [0.1, 0.15) is 5.82 Å². The van der Waals surface area contributed by atoms with Crippen molar-refractivity contribution in [3.63, 3.8) is 0 Å². The maximum Gasteiger partial charge on any atom is 0.261 e. The Bertz CT molecular complexity index is 611. The summed E-state index contributed by atoms with van der Waals surface area (Å²) in [7, 11) is 0. The van der Waals surface area contributed by atoms with E-state index in [9.17, 15) is 9.18 Å². The van der Waals surface area contributed by atoms with Gasteiger partial charge >= 0.3 is 0 Å². The van der Waals surface area contributed by atoms with Crippen molar-refractivity contribution < 1.29 is 9.18 Å². The SMILES string of the molecule is CCC(CC)(CN)NC(=O)c1cc2ccc(F)cc2s1. The van der Waals surface area contributed by atoms with Crippen LogP contribution in [0.4, 0.5) is 4.39 Å². The summed E-state index contributed by atoms with van der Waals surface area (Å²) >= 11 is 1.30. The van der Waals surface area contributed by atoms with Gasteiger partial charge in [-0.25, -0.2) is 4.39 Å². The number of carbonyl (C=O) groups is 1. The molecule has 0 saturated heterocycles. The van der Waals surface area contributed by atoms with Gasteiger partial charge in [-0.15, -0.1) is 11.3 Å². The van der Waals surface area contributed by atoms with E-state index in [1.165, 1.54) is 23.5 Å². The molecule has 0 aliphatic carbocycles. The molecule has 0 unspecified atom stereocenters. The van der Waals surface area contributed by atoms with Gasteiger partial charge in [-0.1, -0.05) is 19.9 Å². The van der Waals surface area contributed by atoms with Crippen molar-refractivity contribution in [2.24, 2.45) is 5.73 Å². The molecule has 2 rings (SSSR count). The predicted molar refractivity (Wildman–Crippen MR) is 81.6 cm³/mol. The molecule has 1 aromatic heterocycles. The largest absolute Gasteiger partial charge is 0.345 e. The van der Waals surface area contributed by atoms with Crippen LogP contribution < -0.4 is 11.1 Å². The predicted octanol–water partition coefficient (Wildman–Crippen LogP) is 3.29. The fraction of sp³-hybridized carbons (Fsp3) is 0.400.